The van der Waals surface area contributed by atoms with E-state index in [-0.39, 0.29) is 0 Å². The normalized spacial score (nSPS) is 13.2. The van der Waals surface area contributed by atoms with Gasteiger partial charge in [0.15, 0.2) is 0 Å². The van der Waals surface area contributed by atoms with Crippen LogP contribution in [-0.2, 0) is 0 Å². The molecule has 0 saturated heterocycles. The van der Waals surface area contributed by atoms with Gasteiger partial charge >= 0.3 is 0 Å². The number of benzene rings is 1. The molecule has 0 aliphatic heterocycles. The van der Waals surface area contributed by atoms with Gasteiger partial charge in [-0.25, -0.2) is 0 Å². The summed E-state index contributed by atoms with van der Waals surface area (Å²) < 4.78 is 5.12. The SMILES string of the molecule is C/C=C/C(O)c1ccccc1OC. The van der Waals surface area contributed by atoms with Gasteiger partial charge in [-0.1, -0.05) is 30.4 Å². The molecule has 1 atom stereocenters. The molecule has 0 radical (unpaired) electrons. The fraction of sp³-hybridized carbons (Fsp3) is 0.273. The number of allylic oxidation sites excluding steroid dienone is 1. The van der Waals surface area contributed by atoms with E-state index in [0.29, 0.717) is 5.75 Å². The third kappa shape index (κ3) is 2.33. The molecule has 0 fully saturated rings. The Kier molecular flexibility index (Phi) is 3.53. The first-order chi connectivity index (χ1) is 6.29. The Morgan fingerprint density at radius 1 is 1.38 bits per heavy atom. The minimum Gasteiger partial charge on any atom is -0.496 e. The van der Waals surface area contributed by atoms with Crippen LogP contribution in [0, 0.1) is 0 Å². The zero-order valence-electron chi connectivity index (χ0n) is 7.90. The molecule has 2 heteroatoms. The van der Waals surface area contributed by atoms with Crippen molar-refractivity contribution in [3.63, 3.8) is 0 Å². The van der Waals surface area contributed by atoms with Gasteiger partial charge in [0.25, 0.3) is 0 Å². The predicted molar refractivity (Wildman–Crippen MR) is 52.8 cm³/mol. The average molecular weight is 178 g/mol. The van der Waals surface area contributed by atoms with Crippen molar-refractivity contribution in [2.75, 3.05) is 7.11 Å². The summed E-state index contributed by atoms with van der Waals surface area (Å²) in [6.45, 7) is 1.87. The third-order valence-corrected chi connectivity index (χ3v) is 1.83. The van der Waals surface area contributed by atoms with Crippen molar-refractivity contribution in [1.29, 1.82) is 0 Å². The number of hydrogen-bond donors (Lipinski definition) is 1. The first-order valence-electron chi connectivity index (χ1n) is 4.23. The molecule has 13 heavy (non-hydrogen) atoms. The maximum Gasteiger partial charge on any atom is 0.124 e. The van der Waals surface area contributed by atoms with Gasteiger partial charge in [0, 0.05) is 5.56 Å². The van der Waals surface area contributed by atoms with Crippen LogP contribution < -0.4 is 4.74 Å². The smallest absolute Gasteiger partial charge is 0.124 e. The lowest BCUT2D eigenvalue weighted by Crippen LogP contribution is -1.96. The lowest BCUT2D eigenvalue weighted by atomic mass is 10.1. The van der Waals surface area contributed by atoms with Crippen molar-refractivity contribution in [2.24, 2.45) is 0 Å². The summed E-state index contributed by atoms with van der Waals surface area (Å²) in [4.78, 5) is 0. The zero-order valence-corrected chi connectivity index (χ0v) is 7.90. The number of methoxy groups -OCH3 is 1. The predicted octanol–water partition coefficient (Wildman–Crippen LogP) is 2.30. The summed E-state index contributed by atoms with van der Waals surface area (Å²) in [5.74, 6) is 0.716. The monoisotopic (exact) mass is 178 g/mol. The Morgan fingerprint density at radius 2 is 2.08 bits per heavy atom. The molecule has 2 nitrogen and oxygen atoms in total. The molecule has 1 unspecified atom stereocenters. The Bertz CT molecular complexity index is 292. The molecule has 0 heterocycles. The summed E-state index contributed by atoms with van der Waals surface area (Å²) in [5.41, 5.74) is 0.795. The van der Waals surface area contributed by atoms with Gasteiger partial charge in [-0.05, 0) is 13.0 Å². The lowest BCUT2D eigenvalue weighted by molar-refractivity contribution is 0.222. The van der Waals surface area contributed by atoms with Crippen molar-refractivity contribution >= 4 is 0 Å². The highest BCUT2D eigenvalue weighted by molar-refractivity contribution is 5.36. The van der Waals surface area contributed by atoms with Crippen LogP contribution in [0.15, 0.2) is 36.4 Å². The van der Waals surface area contributed by atoms with Crippen LogP contribution in [0.4, 0.5) is 0 Å². The van der Waals surface area contributed by atoms with Crippen LogP contribution in [0.1, 0.15) is 18.6 Å². The Morgan fingerprint density at radius 3 is 2.69 bits per heavy atom. The van der Waals surface area contributed by atoms with Crippen molar-refractivity contribution < 1.29 is 9.84 Å². The first-order valence-corrected chi connectivity index (χ1v) is 4.23. The number of rotatable bonds is 3. The molecule has 0 saturated carbocycles. The van der Waals surface area contributed by atoms with E-state index in [1.807, 2.05) is 37.3 Å². The van der Waals surface area contributed by atoms with Crippen molar-refractivity contribution in [1.82, 2.24) is 0 Å². The number of para-hydroxylation sites is 1. The number of aliphatic hydroxyl groups excluding tert-OH is 1. The Hall–Kier alpha value is -1.28. The van der Waals surface area contributed by atoms with Crippen LogP contribution in [0.2, 0.25) is 0 Å². The summed E-state index contributed by atoms with van der Waals surface area (Å²) >= 11 is 0. The largest absolute Gasteiger partial charge is 0.496 e. The Labute approximate surface area is 78.5 Å². The van der Waals surface area contributed by atoms with Gasteiger partial charge in [-0.15, -0.1) is 0 Å². The van der Waals surface area contributed by atoms with E-state index in [1.165, 1.54) is 0 Å². The molecular formula is C11H14O2. The van der Waals surface area contributed by atoms with Gasteiger partial charge in [-0.2, -0.15) is 0 Å². The highest BCUT2D eigenvalue weighted by Gasteiger charge is 2.07. The molecule has 1 rings (SSSR count). The summed E-state index contributed by atoms with van der Waals surface area (Å²) in [5, 5.41) is 9.67. The molecule has 0 bridgehead atoms. The Balaban J connectivity index is 2.98. The standard InChI is InChI=1S/C11H14O2/c1-3-6-10(12)9-7-4-5-8-11(9)13-2/h3-8,10,12H,1-2H3/b6-3+. The maximum absolute atomic E-state index is 9.67. The van der Waals surface area contributed by atoms with Gasteiger partial charge in [0.1, 0.15) is 11.9 Å². The van der Waals surface area contributed by atoms with Crippen LogP contribution >= 0.6 is 0 Å². The van der Waals surface area contributed by atoms with E-state index in [0.717, 1.165) is 5.56 Å². The molecule has 0 aliphatic rings. The maximum atomic E-state index is 9.67. The minimum atomic E-state index is -0.582. The molecule has 0 aromatic heterocycles. The van der Waals surface area contributed by atoms with Gasteiger partial charge < -0.3 is 9.84 Å². The second-order valence-corrected chi connectivity index (χ2v) is 2.71. The molecule has 1 aromatic carbocycles. The summed E-state index contributed by atoms with van der Waals surface area (Å²) in [6, 6.07) is 7.45. The summed E-state index contributed by atoms with van der Waals surface area (Å²) in [6.07, 6.45) is 2.95. The second kappa shape index (κ2) is 4.67. The van der Waals surface area contributed by atoms with Crippen LogP contribution in [0.3, 0.4) is 0 Å². The number of hydrogen-bond acceptors (Lipinski definition) is 2. The van der Waals surface area contributed by atoms with Crippen molar-refractivity contribution in [2.45, 2.75) is 13.0 Å². The van der Waals surface area contributed by atoms with E-state index in [2.05, 4.69) is 0 Å². The molecule has 70 valence electrons. The van der Waals surface area contributed by atoms with E-state index in [1.54, 1.807) is 13.2 Å². The quantitative estimate of drug-likeness (QED) is 0.720. The first kappa shape index (κ1) is 9.81. The van der Waals surface area contributed by atoms with Gasteiger partial charge in [-0.3, -0.25) is 0 Å². The second-order valence-electron chi connectivity index (χ2n) is 2.71. The molecule has 1 N–H and O–H groups in total. The fourth-order valence-corrected chi connectivity index (χ4v) is 1.20. The molecule has 0 aliphatic carbocycles. The minimum absolute atomic E-state index is 0.582. The van der Waals surface area contributed by atoms with Crippen LogP contribution in [-0.4, -0.2) is 12.2 Å². The highest BCUT2D eigenvalue weighted by Crippen LogP contribution is 2.25. The van der Waals surface area contributed by atoms with Crippen molar-refractivity contribution in [3.05, 3.63) is 42.0 Å². The lowest BCUT2D eigenvalue weighted by Gasteiger charge is -2.10. The molecular weight excluding hydrogens is 164 g/mol. The van der Waals surface area contributed by atoms with Gasteiger partial charge in [0.2, 0.25) is 0 Å². The van der Waals surface area contributed by atoms with Crippen LogP contribution in [0.5, 0.6) is 5.75 Å². The molecule has 0 amide bonds. The number of aliphatic hydroxyl groups is 1. The number of ether oxygens (including phenoxy) is 1. The van der Waals surface area contributed by atoms with E-state index >= 15 is 0 Å². The molecule has 0 spiro atoms. The topological polar surface area (TPSA) is 29.5 Å². The van der Waals surface area contributed by atoms with Crippen molar-refractivity contribution in [3.8, 4) is 5.75 Å². The van der Waals surface area contributed by atoms with E-state index in [9.17, 15) is 5.11 Å². The average Bonchev–Trinajstić information content (AvgIpc) is 2.18. The van der Waals surface area contributed by atoms with E-state index < -0.39 is 6.10 Å². The van der Waals surface area contributed by atoms with E-state index in [4.69, 9.17) is 4.74 Å². The third-order valence-electron chi connectivity index (χ3n) is 1.83. The molecule has 1 aromatic rings. The van der Waals surface area contributed by atoms with Crippen LogP contribution in [0.25, 0.3) is 0 Å². The fourth-order valence-electron chi connectivity index (χ4n) is 1.20. The summed E-state index contributed by atoms with van der Waals surface area (Å²) in [7, 11) is 1.60. The zero-order chi connectivity index (χ0) is 9.68. The van der Waals surface area contributed by atoms with Gasteiger partial charge in [0.05, 0.1) is 7.11 Å². The highest BCUT2D eigenvalue weighted by atomic mass is 16.5.